The average molecular weight is 196 g/mol. The summed E-state index contributed by atoms with van der Waals surface area (Å²) in [5, 5.41) is 9.38. The lowest BCUT2D eigenvalue weighted by Crippen LogP contribution is -2.42. The highest BCUT2D eigenvalue weighted by molar-refractivity contribution is 6.05. The molecule has 1 radical (unpaired) electrons. The lowest BCUT2D eigenvalue weighted by molar-refractivity contribution is -0.159. The largest absolute Gasteiger partial charge is 0.367 e. The van der Waals surface area contributed by atoms with Gasteiger partial charge in [0.1, 0.15) is 0 Å². The second-order valence-electron chi connectivity index (χ2n) is 2.68. The summed E-state index contributed by atoms with van der Waals surface area (Å²) in [7, 11) is 0. The maximum atomic E-state index is 12.5. The van der Waals surface area contributed by atoms with E-state index in [0.29, 0.717) is 0 Å². The molecule has 0 heterocycles. The Balaban J connectivity index is 3.27. The van der Waals surface area contributed by atoms with Gasteiger partial charge in [0.05, 0.1) is 0 Å². The van der Waals surface area contributed by atoms with E-state index in [4.69, 9.17) is 5.73 Å². The highest BCUT2D eigenvalue weighted by atomic mass is 19.1. The number of carbonyl (C=O) groups is 2. The first-order valence-corrected chi connectivity index (χ1v) is 3.73. The summed E-state index contributed by atoms with van der Waals surface area (Å²) >= 11 is 0. The van der Waals surface area contributed by atoms with Gasteiger partial charge in [-0.1, -0.05) is 30.3 Å². The Kier molecular flexibility index (Phi) is 2.62. The number of halogens is 1. The predicted octanol–water partition coefficient (Wildman–Crippen LogP) is 0.180. The Labute approximate surface area is 79.1 Å². The van der Waals surface area contributed by atoms with Crippen molar-refractivity contribution in [1.29, 1.82) is 0 Å². The molecule has 0 aliphatic carbocycles. The molecular formula is C9H7FNO3. The average Bonchev–Trinajstić information content (AvgIpc) is 2.17. The van der Waals surface area contributed by atoms with Gasteiger partial charge in [-0.3, -0.25) is 15.3 Å². The smallest absolute Gasteiger partial charge is 0.347 e. The highest BCUT2D eigenvalue weighted by Gasteiger charge is 2.45. The summed E-state index contributed by atoms with van der Waals surface area (Å²) in [6.07, 6.45) is 0. The van der Waals surface area contributed by atoms with Gasteiger partial charge in [-0.05, 0) is 0 Å². The number of benzene rings is 1. The van der Waals surface area contributed by atoms with Crippen LogP contribution < -0.4 is 5.73 Å². The molecule has 0 aliphatic heterocycles. The third kappa shape index (κ3) is 1.49. The van der Waals surface area contributed by atoms with Crippen LogP contribution in [0.2, 0.25) is 0 Å². The van der Waals surface area contributed by atoms with Gasteiger partial charge in [0.25, 0.3) is 11.5 Å². The van der Waals surface area contributed by atoms with Gasteiger partial charge in [0.2, 0.25) is 0 Å². The van der Waals surface area contributed by atoms with Crippen molar-refractivity contribution in [3.63, 3.8) is 0 Å². The Morgan fingerprint density at radius 1 is 1.29 bits per heavy atom. The maximum Gasteiger partial charge on any atom is 0.347 e. The molecule has 1 rings (SSSR count). The third-order valence-corrected chi connectivity index (χ3v) is 1.80. The minimum Gasteiger partial charge on any atom is -0.367 e. The van der Waals surface area contributed by atoms with Crippen LogP contribution >= 0.6 is 0 Å². The zero-order valence-corrected chi connectivity index (χ0v) is 7.03. The van der Waals surface area contributed by atoms with E-state index >= 15 is 0 Å². The number of nitrogens with one attached hydrogen (secondary N) is 1. The van der Waals surface area contributed by atoms with Crippen LogP contribution in [-0.4, -0.2) is 17.1 Å². The van der Waals surface area contributed by atoms with Crippen molar-refractivity contribution in [3.8, 4) is 0 Å². The first-order valence-electron chi connectivity index (χ1n) is 3.73. The van der Waals surface area contributed by atoms with Gasteiger partial charge in [-0.2, -0.15) is 4.39 Å². The van der Waals surface area contributed by atoms with E-state index in [2.05, 4.69) is 0 Å². The quantitative estimate of drug-likeness (QED) is 0.553. The van der Waals surface area contributed by atoms with Crippen LogP contribution in [0.1, 0.15) is 5.56 Å². The fourth-order valence-electron chi connectivity index (χ4n) is 1.01. The number of amides is 1. The standard InChI is InChI=1S/C9H7FNO3/c10-7(12)9(14,8(11)13)6-4-2-1-3-5-6/h1-5,11,14H. The fourth-order valence-corrected chi connectivity index (χ4v) is 1.01. The molecule has 1 atom stereocenters. The van der Waals surface area contributed by atoms with E-state index in [9.17, 15) is 19.1 Å². The van der Waals surface area contributed by atoms with Crippen molar-refractivity contribution in [2.45, 2.75) is 5.60 Å². The molecule has 0 aromatic heterocycles. The molecule has 0 spiro atoms. The molecule has 14 heavy (non-hydrogen) atoms. The molecule has 1 aromatic rings. The van der Waals surface area contributed by atoms with E-state index < -0.39 is 17.5 Å². The highest BCUT2D eigenvalue weighted by Crippen LogP contribution is 2.22. The monoisotopic (exact) mass is 196 g/mol. The molecule has 1 aromatic carbocycles. The molecule has 73 valence electrons. The van der Waals surface area contributed by atoms with E-state index in [1.165, 1.54) is 24.3 Å². The molecule has 5 heteroatoms. The topological polar surface area (TPSA) is 78.2 Å². The number of rotatable bonds is 3. The Morgan fingerprint density at radius 3 is 2.14 bits per heavy atom. The van der Waals surface area contributed by atoms with Gasteiger partial charge in [-0.25, -0.2) is 0 Å². The molecular weight excluding hydrogens is 189 g/mol. The van der Waals surface area contributed by atoms with Crippen molar-refractivity contribution >= 4 is 11.9 Å². The Morgan fingerprint density at radius 2 is 1.79 bits per heavy atom. The fraction of sp³-hybridized carbons (Fsp3) is 0.111. The molecule has 0 aliphatic rings. The minimum atomic E-state index is -2.98. The first-order chi connectivity index (χ1) is 6.49. The van der Waals surface area contributed by atoms with E-state index in [1.807, 2.05) is 0 Å². The summed E-state index contributed by atoms with van der Waals surface area (Å²) in [5.41, 5.74) is 3.42. The van der Waals surface area contributed by atoms with Crippen molar-refractivity contribution in [2.75, 3.05) is 0 Å². The van der Waals surface area contributed by atoms with Gasteiger partial charge in [0, 0.05) is 5.56 Å². The first kappa shape index (κ1) is 10.3. The van der Waals surface area contributed by atoms with Crippen LogP contribution in [0, 0.1) is 0 Å². The number of hydrogen-bond donors (Lipinski definition) is 1. The zero-order chi connectivity index (χ0) is 10.8. The molecule has 0 bridgehead atoms. The van der Waals surface area contributed by atoms with E-state index in [1.54, 1.807) is 6.07 Å². The summed E-state index contributed by atoms with van der Waals surface area (Å²) in [6, 6.07) is 4.57. The molecule has 0 saturated heterocycles. The molecule has 0 saturated carbocycles. The van der Waals surface area contributed by atoms with E-state index in [0.717, 1.165) is 0 Å². The molecule has 1 amide bonds. The van der Waals surface area contributed by atoms with Crippen molar-refractivity contribution < 1.29 is 19.1 Å². The molecule has 0 fully saturated rings. The SMILES string of the molecule is [NH]C(=O)C(O)(C(=O)F)c1ccccc1. The maximum absolute atomic E-state index is 12.5. The normalized spacial score (nSPS) is 14.4. The van der Waals surface area contributed by atoms with Crippen LogP contribution in [0.25, 0.3) is 0 Å². The summed E-state index contributed by atoms with van der Waals surface area (Å²) < 4.78 is 12.5. The van der Waals surface area contributed by atoms with Gasteiger partial charge in [-0.15, -0.1) is 0 Å². The van der Waals surface area contributed by atoms with Crippen LogP contribution in [0.3, 0.4) is 0 Å². The summed E-state index contributed by atoms with van der Waals surface area (Å²) in [4.78, 5) is 21.1. The summed E-state index contributed by atoms with van der Waals surface area (Å²) in [6.45, 7) is 0. The van der Waals surface area contributed by atoms with Crippen molar-refractivity contribution in [1.82, 2.24) is 5.73 Å². The van der Waals surface area contributed by atoms with Crippen LogP contribution in [0.4, 0.5) is 4.39 Å². The second-order valence-corrected chi connectivity index (χ2v) is 2.68. The molecule has 4 nitrogen and oxygen atoms in total. The van der Waals surface area contributed by atoms with Crippen LogP contribution in [-0.2, 0) is 15.2 Å². The zero-order valence-electron chi connectivity index (χ0n) is 7.03. The van der Waals surface area contributed by atoms with Gasteiger partial charge < -0.3 is 5.11 Å². The number of hydrogen-bond acceptors (Lipinski definition) is 3. The second kappa shape index (κ2) is 3.55. The lowest BCUT2D eigenvalue weighted by Gasteiger charge is -2.18. The Bertz CT molecular complexity index is 350. The number of aliphatic hydroxyl groups is 1. The van der Waals surface area contributed by atoms with E-state index in [-0.39, 0.29) is 5.56 Å². The predicted molar refractivity (Wildman–Crippen MR) is 44.6 cm³/mol. The van der Waals surface area contributed by atoms with Gasteiger partial charge in [0.15, 0.2) is 0 Å². The van der Waals surface area contributed by atoms with Crippen molar-refractivity contribution in [3.05, 3.63) is 35.9 Å². The third-order valence-electron chi connectivity index (χ3n) is 1.80. The number of carbonyl (C=O) groups excluding carboxylic acids is 2. The minimum absolute atomic E-state index is 0.243. The lowest BCUT2D eigenvalue weighted by atomic mass is 9.94. The summed E-state index contributed by atoms with van der Waals surface area (Å²) in [5.74, 6) is -1.68. The molecule has 2 N–H and O–H groups in total. The van der Waals surface area contributed by atoms with Crippen LogP contribution in [0.5, 0.6) is 0 Å². The van der Waals surface area contributed by atoms with Crippen LogP contribution in [0.15, 0.2) is 30.3 Å². The Hall–Kier alpha value is -1.75. The van der Waals surface area contributed by atoms with Crippen molar-refractivity contribution in [2.24, 2.45) is 0 Å². The van der Waals surface area contributed by atoms with Gasteiger partial charge >= 0.3 is 6.04 Å². The molecule has 1 unspecified atom stereocenters.